The van der Waals surface area contributed by atoms with Gasteiger partial charge in [0.1, 0.15) is 5.75 Å². The first-order valence-corrected chi connectivity index (χ1v) is 7.99. The number of halogens is 1. The maximum atomic E-state index is 5.27. The molecule has 7 heteroatoms. The van der Waals surface area contributed by atoms with Crippen LogP contribution in [0.1, 0.15) is 5.56 Å². The van der Waals surface area contributed by atoms with E-state index >= 15 is 0 Å². The van der Waals surface area contributed by atoms with Crippen LogP contribution in [0.25, 0.3) is 11.4 Å². The third-order valence-corrected chi connectivity index (χ3v) is 3.91. The van der Waals surface area contributed by atoms with E-state index in [0.29, 0.717) is 10.6 Å². The molecule has 1 N–H and O–H groups in total. The predicted molar refractivity (Wildman–Crippen MR) is 96.5 cm³/mol. The first-order chi connectivity index (χ1) is 11.2. The van der Waals surface area contributed by atoms with Gasteiger partial charge in [-0.3, -0.25) is 0 Å². The summed E-state index contributed by atoms with van der Waals surface area (Å²) in [6.45, 7) is 0. The molecule has 3 aromatic rings. The topological polar surface area (TPSA) is 55.2 Å². The van der Waals surface area contributed by atoms with Crippen LogP contribution in [0.5, 0.6) is 5.75 Å². The number of methoxy groups -OCH3 is 1. The highest BCUT2D eigenvalue weighted by Crippen LogP contribution is 2.22. The summed E-state index contributed by atoms with van der Waals surface area (Å²) < 4.78 is 8.25. The van der Waals surface area contributed by atoms with Gasteiger partial charge in [-0.15, -0.1) is 0 Å². The maximum absolute atomic E-state index is 5.27. The quantitative estimate of drug-likeness (QED) is 0.536. The Morgan fingerprint density at radius 1 is 1.26 bits per heavy atom. The van der Waals surface area contributed by atoms with Crippen LogP contribution in [0.4, 0.5) is 0 Å². The number of hydrogen-bond donors (Lipinski definition) is 1. The van der Waals surface area contributed by atoms with E-state index in [2.05, 4.69) is 31.2 Å². The summed E-state index contributed by atoms with van der Waals surface area (Å²) in [5.41, 5.74) is 1.82. The Labute approximate surface area is 146 Å². The Kier molecular flexibility index (Phi) is 4.68. The van der Waals surface area contributed by atoms with Gasteiger partial charge in [-0.2, -0.15) is 14.9 Å². The normalized spacial score (nSPS) is 11.0. The van der Waals surface area contributed by atoms with Crippen LogP contribution >= 0.6 is 28.1 Å². The van der Waals surface area contributed by atoms with E-state index in [9.17, 15) is 0 Å². The summed E-state index contributed by atoms with van der Waals surface area (Å²) >= 11 is 8.71. The first-order valence-electron chi connectivity index (χ1n) is 6.79. The van der Waals surface area contributed by atoms with Crippen molar-refractivity contribution in [2.75, 3.05) is 7.11 Å². The van der Waals surface area contributed by atoms with Crippen LogP contribution in [0.3, 0.4) is 0 Å². The molecule has 0 saturated carbocycles. The molecule has 116 valence electrons. The van der Waals surface area contributed by atoms with Gasteiger partial charge in [-0.05, 0) is 42.0 Å². The van der Waals surface area contributed by atoms with Gasteiger partial charge in [0.25, 0.3) is 0 Å². The van der Waals surface area contributed by atoms with Crippen molar-refractivity contribution in [3.8, 4) is 17.1 Å². The summed E-state index contributed by atoms with van der Waals surface area (Å²) in [7, 11) is 1.63. The zero-order chi connectivity index (χ0) is 16.2. The van der Waals surface area contributed by atoms with Crippen LogP contribution in [-0.4, -0.2) is 28.2 Å². The van der Waals surface area contributed by atoms with Crippen molar-refractivity contribution in [1.29, 1.82) is 0 Å². The Hall–Kier alpha value is -2.25. The van der Waals surface area contributed by atoms with Gasteiger partial charge < -0.3 is 4.74 Å². The van der Waals surface area contributed by atoms with Crippen LogP contribution in [0, 0.1) is 4.77 Å². The molecule has 0 atom stereocenters. The molecule has 3 rings (SSSR count). The van der Waals surface area contributed by atoms with Crippen molar-refractivity contribution in [3.05, 3.63) is 63.3 Å². The van der Waals surface area contributed by atoms with Gasteiger partial charge in [0.05, 0.1) is 13.3 Å². The van der Waals surface area contributed by atoms with Gasteiger partial charge in [-0.25, -0.2) is 5.10 Å². The van der Waals surface area contributed by atoms with Crippen LogP contribution in [0.15, 0.2) is 58.1 Å². The summed E-state index contributed by atoms with van der Waals surface area (Å²) in [6, 6.07) is 15.4. The molecule has 0 spiro atoms. The van der Waals surface area contributed by atoms with Crippen molar-refractivity contribution < 1.29 is 4.74 Å². The van der Waals surface area contributed by atoms with Crippen LogP contribution in [0.2, 0.25) is 0 Å². The van der Waals surface area contributed by atoms with Gasteiger partial charge in [-0.1, -0.05) is 40.2 Å². The zero-order valence-corrected chi connectivity index (χ0v) is 14.6. The lowest BCUT2D eigenvalue weighted by Crippen LogP contribution is -1.95. The van der Waals surface area contributed by atoms with Crippen LogP contribution < -0.4 is 4.74 Å². The number of nitrogens with zero attached hydrogens (tertiary/aromatic N) is 3. The second-order valence-corrected chi connectivity index (χ2v) is 6.00. The second-order valence-electron chi connectivity index (χ2n) is 4.70. The molecule has 1 heterocycles. The number of benzene rings is 2. The number of aromatic nitrogens is 3. The molecule has 0 unspecified atom stereocenters. The lowest BCUT2D eigenvalue weighted by atomic mass is 10.2. The summed E-state index contributed by atoms with van der Waals surface area (Å²) in [4.78, 5) is 0. The first kappa shape index (κ1) is 15.6. The SMILES string of the molecule is COc1cccc(-c2n[nH]c(=S)n2N=Cc2cccc(Br)c2)c1. The fraction of sp³-hybridized carbons (Fsp3) is 0.0625. The lowest BCUT2D eigenvalue weighted by Gasteiger charge is -2.04. The molecule has 0 amide bonds. The smallest absolute Gasteiger partial charge is 0.216 e. The summed E-state index contributed by atoms with van der Waals surface area (Å²) in [5.74, 6) is 1.37. The molecule has 2 aromatic carbocycles. The summed E-state index contributed by atoms with van der Waals surface area (Å²) in [6.07, 6.45) is 1.74. The second kappa shape index (κ2) is 6.89. The number of aromatic amines is 1. The molecule has 0 aliphatic carbocycles. The molecule has 0 saturated heterocycles. The lowest BCUT2D eigenvalue weighted by molar-refractivity contribution is 0.415. The molecule has 1 aromatic heterocycles. The van der Waals surface area contributed by atoms with Crippen molar-refractivity contribution in [2.24, 2.45) is 5.10 Å². The average Bonchev–Trinajstić information content (AvgIpc) is 2.94. The minimum Gasteiger partial charge on any atom is -0.497 e. The van der Waals surface area contributed by atoms with E-state index in [4.69, 9.17) is 17.0 Å². The molecule has 0 aliphatic heterocycles. The Morgan fingerprint density at radius 3 is 2.87 bits per heavy atom. The van der Waals surface area contributed by atoms with E-state index < -0.39 is 0 Å². The highest BCUT2D eigenvalue weighted by Gasteiger charge is 2.08. The number of ether oxygens (including phenoxy) is 1. The Balaban J connectivity index is 2.00. The highest BCUT2D eigenvalue weighted by atomic mass is 79.9. The largest absolute Gasteiger partial charge is 0.497 e. The average molecular weight is 389 g/mol. The van der Waals surface area contributed by atoms with Gasteiger partial charge in [0.15, 0.2) is 5.82 Å². The number of H-pyrrole nitrogens is 1. The molecular weight excluding hydrogens is 376 g/mol. The van der Waals surface area contributed by atoms with Crippen molar-refractivity contribution in [3.63, 3.8) is 0 Å². The molecule has 0 fully saturated rings. The number of rotatable bonds is 4. The van der Waals surface area contributed by atoms with Gasteiger partial charge >= 0.3 is 0 Å². The van der Waals surface area contributed by atoms with Crippen LogP contribution in [-0.2, 0) is 0 Å². The van der Waals surface area contributed by atoms with Gasteiger partial charge in [0.2, 0.25) is 4.77 Å². The standard InChI is InChI=1S/C16H13BrN4OS/c1-22-14-7-3-5-12(9-14)15-19-20-16(23)21(15)18-10-11-4-2-6-13(17)8-11/h2-10H,1H3,(H,20,23). The van der Waals surface area contributed by atoms with E-state index in [1.165, 1.54) is 0 Å². The highest BCUT2D eigenvalue weighted by molar-refractivity contribution is 9.10. The maximum Gasteiger partial charge on any atom is 0.216 e. The molecule has 23 heavy (non-hydrogen) atoms. The van der Waals surface area contributed by atoms with E-state index in [1.807, 2.05) is 48.5 Å². The molecular formula is C16H13BrN4OS. The van der Waals surface area contributed by atoms with Gasteiger partial charge in [0, 0.05) is 10.0 Å². The zero-order valence-electron chi connectivity index (χ0n) is 12.2. The van der Waals surface area contributed by atoms with E-state index in [-0.39, 0.29) is 0 Å². The fourth-order valence-corrected chi connectivity index (χ4v) is 2.66. The Bertz CT molecular complexity index is 916. The van der Waals surface area contributed by atoms with Crippen molar-refractivity contribution >= 4 is 34.4 Å². The van der Waals surface area contributed by atoms with Crippen molar-refractivity contribution in [2.45, 2.75) is 0 Å². The number of hydrogen-bond acceptors (Lipinski definition) is 4. The minimum absolute atomic E-state index is 0.425. The molecule has 5 nitrogen and oxygen atoms in total. The van der Waals surface area contributed by atoms with E-state index in [0.717, 1.165) is 21.3 Å². The number of nitrogens with one attached hydrogen (secondary N) is 1. The Morgan fingerprint density at radius 2 is 2.09 bits per heavy atom. The fourth-order valence-electron chi connectivity index (χ4n) is 2.06. The molecule has 0 radical (unpaired) electrons. The summed E-state index contributed by atoms with van der Waals surface area (Å²) in [5, 5.41) is 11.5. The third kappa shape index (κ3) is 3.57. The molecule has 0 bridgehead atoms. The third-order valence-electron chi connectivity index (χ3n) is 3.15. The molecule has 0 aliphatic rings. The van der Waals surface area contributed by atoms with Crippen molar-refractivity contribution in [1.82, 2.24) is 14.9 Å². The van der Waals surface area contributed by atoms with E-state index in [1.54, 1.807) is 18.0 Å². The predicted octanol–water partition coefficient (Wildman–Crippen LogP) is 4.26. The minimum atomic E-state index is 0.425. The monoisotopic (exact) mass is 388 g/mol.